The molecule has 2 rings (SSSR count). The first-order valence-corrected chi connectivity index (χ1v) is 24.0. The maximum Gasteiger partial charge on any atom is 0.407 e. The minimum atomic E-state index is -1.29. The van der Waals surface area contributed by atoms with Crippen molar-refractivity contribution in [2.45, 2.75) is 82.9 Å². The topological polar surface area (TPSA) is 380 Å². The van der Waals surface area contributed by atoms with E-state index < -0.39 is 101 Å². The number of nitrogens with two attached hydrogens (primary N) is 1. The van der Waals surface area contributed by atoms with Gasteiger partial charge in [-0.3, -0.25) is 43.3 Å². The molecule has 1 aliphatic heterocycles. The third kappa shape index (κ3) is 24.4. The van der Waals surface area contributed by atoms with Crippen LogP contribution in [0.25, 0.3) is 0 Å². The molecular weight excluding hydrogens is 973 g/mol. The highest BCUT2D eigenvalue weighted by molar-refractivity contribution is 8.00. The number of urea groups is 1. The Hall–Kier alpha value is -6.78. The van der Waals surface area contributed by atoms with E-state index in [1.165, 1.54) is 32.4 Å². The molecule has 0 saturated carbocycles. The van der Waals surface area contributed by atoms with Crippen molar-refractivity contribution in [1.29, 1.82) is 0 Å². The van der Waals surface area contributed by atoms with E-state index in [0.29, 0.717) is 18.8 Å². The number of imide groups is 1. The number of carboxylic acid groups (broad SMARTS) is 1. The Bertz CT molecular complexity index is 2030. The average molecular weight is 1040 g/mol. The van der Waals surface area contributed by atoms with Crippen molar-refractivity contribution in [2.24, 2.45) is 11.7 Å². The van der Waals surface area contributed by atoms with E-state index in [9.17, 15) is 57.8 Å². The van der Waals surface area contributed by atoms with E-state index in [4.69, 9.17) is 29.4 Å². The number of ether oxygens (including phenoxy) is 5. The summed E-state index contributed by atoms with van der Waals surface area (Å²) in [7, 11) is 2.90. The number of alkyl carbamates (subject to hydrolysis) is 1. The summed E-state index contributed by atoms with van der Waals surface area (Å²) >= 11 is 0.929. The van der Waals surface area contributed by atoms with E-state index in [1.54, 1.807) is 13.8 Å². The van der Waals surface area contributed by atoms with Crippen molar-refractivity contribution in [3.8, 4) is 5.75 Å². The van der Waals surface area contributed by atoms with Gasteiger partial charge in [-0.15, -0.1) is 11.8 Å². The first-order valence-electron chi connectivity index (χ1n) is 22.9. The molecule has 1 saturated heterocycles. The van der Waals surface area contributed by atoms with Crippen LogP contribution in [0.4, 0.5) is 15.3 Å². The fourth-order valence-electron chi connectivity index (χ4n) is 6.35. The van der Waals surface area contributed by atoms with Gasteiger partial charge >= 0.3 is 18.1 Å². The number of carbonyl (C=O) groups is 11. The number of primary amides is 1. The molecule has 2 unspecified atom stereocenters. The summed E-state index contributed by atoms with van der Waals surface area (Å²) in [4.78, 5) is 137. The zero-order chi connectivity index (χ0) is 53.6. The summed E-state index contributed by atoms with van der Waals surface area (Å²) in [5.74, 6) is -6.39. The fraction of sp³-hybridized carbons (Fsp3) is 0.614. The minimum absolute atomic E-state index is 0.0251. The van der Waals surface area contributed by atoms with Gasteiger partial charge in [0, 0.05) is 83.2 Å². The molecule has 4 atom stereocenters. The standard InChI is InChI=1S/C44H68N10O17S/c1-26(2)38(53-36(58)23-69-19-18-68-17-16-67-5)40(61)52-30(8-6-12-49-43(45)65)39(60)51-29-10-9-28(22-71-44(66)46-4)32(20-29)70-24-35(57)48-14-7-13-47-34(56)11-15-54-37(59)21-33(41(54)62)72-25-31(42(63)64)50-27(3)55/h9-10,20,26,30-31,33,38H,6-8,11-19,21-25H2,1-5H3,(H,46,66)(H,47,56)(H,48,57)(H,50,55)(H,51,60)(H,52,61)(H,53,58)(H,63,64)(H3,45,49,65)/t30-,31?,33?,38-/m0/s1. The molecule has 1 fully saturated rings. The van der Waals surface area contributed by atoms with Crippen molar-refractivity contribution >= 4 is 82.8 Å². The van der Waals surface area contributed by atoms with Gasteiger partial charge in [0.05, 0.1) is 31.7 Å². The lowest BCUT2D eigenvalue weighted by molar-refractivity contribution is -0.141. The number of amides is 11. The minimum Gasteiger partial charge on any atom is -0.483 e. The van der Waals surface area contributed by atoms with Gasteiger partial charge in [0.15, 0.2) is 6.61 Å². The van der Waals surface area contributed by atoms with Crippen LogP contribution in [0.15, 0.2) is 18.2 Å². The molecule has 0 bridgehead atoms. The van der Waals surface area contributed by atoms with Crippen LogP contribution in [0.5, 0.6) is 5.75 Å². The number of carbonyl (C=O) groups excluding carboxylic acids is 10. The molecule has 11 N–H and O–H groups in total. The van der Waals surface area contributed by atoms with Crippen molar-refractivity contribution < 1.29 is 81.5 Å². The predicted molar refractivity (Wildman–Crippen MR) is 257 cm³/mol. The van der Waals surface area contributed by atoms with E-state index in [-0.39, 0.29) is 102 Å². The molecule has 27 nitrogen and oxygen atoms in total. The second-order valence-corrected chi connectivity index (χ2v) is 17.4. The number of thioether (sulfide) groups is 1. The van der Waals surface area contributed by atoms with Crippen molar-refractivity contribution in [3.63, 3.8) is 0 Å². The van der Waals surface area contributed by atoms with E-state index in [2.05, 4.69) is 42.5 Å². The van der Waals surface area contributed by atoms with E-state index in [1.807, 2.05) is 0 Å². The van der Waals surface area contributed by atoms with Gasteiger partial charge < -0.3 is 77.1 Å². The lowest BCUT2D eigenvalue weighted by atomic mass is 10.0. The van der Waals surface area contributed by atoms with Gasteiger partial charge in [0.1, 0.15) is 37.1 Å². The van der Waals surface area contributed by atoms with E-state index >= 15 is 0 Å². The Morgan fingerprint density at radius 2 is 1.51 bits per heavy atom. The molecule has 11 amide bonds. The van der Waals surface area contributed by atoms with Gasteiger partial charge in [-0.1, -0.05) is 13.8 Å². The Kier molecular flexibility index (Phi) is 28.7. The SMILES string of the molecule is CNC(=O)OCc1ccc(NC(=O)[C@H](CCCNC(N)=O)NC(=O)[C@@H](NC(=O)COCCOCCOC)C(C)C)cc1OCC(=O)NCCCNC(=O)CCN1C(=O)CC(SCC(NC(C)=O)C(=O)O)C1=O. The van der Waals surface area contributed by atoms with Crippen molar-refractivity contribution in [1.82, 2.24) is 42.1 Å². The van der Waals surface area contributed by atoms with E-state index in [0.717, 1.165) is 23.6 Å². The predicted octanol–water partition coefficient (Wildman–Crippen LogP) is -1.92. The van der Waals surface area contributed by atoms with Crippen LogP contribution in [-0.4, -0.2) is 184 Å². The molecule has 28 heteroatoms. The molecule has 1 heterocycles. The van der Waals surface area contributed by atoms with Gasteiger partial charge in [-0.25, -0.2) is 14.4 Å². The van der Waals surface area contributed by atoms with Crippen LogP contribution in [0, 0.1) is 5.92 Å². The third-order valence-electron chi connectivity index (χ3n) is 10.1. The zero-order valence-corrected chi connectivity index (χ0v) is 41.9. The summed E-state index contributed by atoms with van der Waals surface area (Å²) in [5.41, 5.74) is 5.66. The molecule has 402 valence electrons. The normalized spacial score (nSPS) is 14.3. The smallest absolute Gasteiger partial charge is 0.407 e. The van der Waals surface area contributed by atoms with Crippen LogP contribution < -0.4 is 53.0 Å². The fourth-order valence-corrected chi connectivity index (χ4v) is 7.53. The largest absolute Gasteiger partial charge is 0.483 e. The van der Waals surface area contributed by atoms with Crippen LogP contribution >= 0.6 is 11.8 Å². The van der Waals surface area contributed by atoms with Gasteiger partial charge in [-0.05, 0) is 37.3 Å². The number of hydrogen-bond donors (Lipinski definition) is 10. The lowest BCUT2D eigenvalue weighted by Gasteiger charge is -2.25. The lowest BCUT2D eigenvalue weighted by Crippen LogP contribution is -2.55. The number of hydrogen-bond acceptors (Lipinski definition) is 17. The first kappa shape index (κ1) is 61.3. The van der Waals surface area contributed by atoms with Gasteiger partial charge in [0.25, 0.3) is 5.91 Å². The van der Waals surface area contributed by atoms with Crippen molar-refractivity contribution in [2.75, 3.05) is 91.0 Å². The highest BCUT2D eigenvalue weighted by atomic mass is 32.2. The highest BCUT2D eigenvalue weighted by Crippen LogP contribution is 2.27. The summed E-state index contributed by atoms with van der Waals surface area (Å²) in [6.45, 7) is 4.61. The summed E-state index contributed by atoms with van der Waals surface area (Å²) < 4.78 is 26.5. The molecule has 1 aromatic rings. The molecule has 72 heavy (non-hydrogen) atoms. The maximum absolute atomic E-state index is 13.8. The average Bonchev–Trinajstić information content (AvgIpc) is 3.60. The number of methoxy groups -OCH3 is 1. The first-order chi connectivity index (χ1) is 34.2. The molecule has 1 aromatic carbocycles. The number of rotatable bonds is 35. The quantitative estimate of drug-likeness (QED) is 0.0262. The Balaban J connectivity index is 1.99. The third-order valence-corrected chi connectivity index (χ3v) is 11.4. The van der Waals surface area contributed by atoms with Gasteiger partial charge in [0.2, 0.25) is 41.4 Å². The zero-order valence-electron chi connectivity index (χ0n) is 41.1. The van der Waals surface area contributed by atoms with Crippen LogP contribution in [0.1, 0.15) is 58.4 Å². The number of benzene rings is 1. The van der Waals surface area contributed by atoms with Gasteiger partial charge in [-0.2, -0.15) is 0 Å². The number of nitrogens with one attached hydrogen (secondary N) is 8. The number of nitrogens with zero attached hydrogens (tertiary/aromatic N) is 1. The molecule has 0 radical (unpaired) electrons. The Morgan fingerprint density at radius 1 is 0.833 bits per heavy atom. The second-order valence-electron chi connectivity index (χ2n) is 16.2. The highest BCUT2D eigenvalue weighted by Gasteiger charge is 2.39. The molecule has 0 aromatic heterocycles. The van der Waals surface area contributed by atoms with Crippen LogP contribution in [-0.2, 0) is 68.7 Å². The molecule has 0 spiro atoms. The summed E-state index contributed by atoms with van der Waals surface area (Å²) in [5, 5.41) is 28.7. The Morgan fingerprint density at radius 3 is 2.17 bits per heavy atom. The molecule has 1 aliphatic rings. The molecule has 0 aliphatic carbocycles. The number of likely N-dealkylation sites (tertiary alicyclic amines) is 1. The van der Waals surface area contributed by atoms with Crippen molar-refractivity contribution in [3.05, 3.63) is 23.8 Å². The Labute approximate surface area is 420 Å². The maximum atomic E-state index is 13.8. The summed E-state index contributed by atoms with van der Waals surface area (Å²) in [6, 6.07) is 0.0467. The van der Waals surface area contributed by atoms with Crippen LogP contribution in [0.3, 0.4) is 0 Å². The van der Waals surface area contributed by atoms with Crippen LogP contribution in [0.2, 0.25) is 0 Å². The second kappa shape index (κ2) is 33.7. The molecular formula is C44H68N10O17S. The monoisotopic (exact) mass is 1040 g/mol. The number of aliphatic carboxylic acids is 1. The summed E-state index contributed by atoms with van der Waals surface area (Å²) in [6.07, 6.45) is -0.614. The number of carboxylic acids is 1. The number of anilines is 1.